The Bertz CT molecular complexity index is 271. The highest BCUT2D eigenvalue weighted by Crippen LogP contribution is 2.34. The molecule has 98 valence electrons. The van der Waals surface area contributed by atoms with Crippen molar-refractivity contribution in [3.05, 3.63) is 0 Å². The van der Waals surface area contributed by atoms with Crippen molar-refractivity contribution in [2.75, 3.05) is 19.6 Å². The average Bonchev–Trinajstić information content (AvgIpc) is 2.64. The van der Waals surface area contributed by atoms with Crippen LogP contribution in [-0.4, -0.2) is 30.3 Å². The van der Waals surface area contributed by atoms with Gasteiger partial charge in [0.15, 0.2) is 0 Å². The first-order valence-corrected chi connectivity index (χ1v) is 7.22. The van der Waals surface area contributed by atoms with Crippen LogP contribution in [0.1, 0.15) is 52.9 Å². The summed E-state index contributed by atoms with van der Waals surface area (Å²) in [6.07, 6.45) is 5.72. The fourth-order valence-corrected chi connectivity index (χ4v) is 3.37. The highest BCUT2D eigenvalue weighted by molar-refractivity contribution is 5.83. The van der Waals surface area contributed by atoms with Crippen LogP contribution >= 0.6 is 0 Å². The lowest BCUT2D eigenvalue weighted by Crippen LogP contribution is -2.40. The molecule has 1 atom stereocenters. The normalized spacial score (nSPS) is 28.9. The second-order valence-electron chi connectivity index (χ2n) is 7.00. The molecular formula is C15H27NO. The molecule has 1 heterocycles. The Hall–Kier alpha value is -0.370. The van der Waals surface area contributed by atoms with Gasteiger partial charge < -0.3 is 4.90 Å². The zero-order valence-corrected chi connectivity index (χ0v) is 11.7. The molecule has 0 aromatic rings. The summed E-state index contributed by atoms with van der Waals surface area (Å²) in [5.74, 6) is 1.74. The Kier molecular flexibility index (Phi) is 3.92. The molecule has 2 nitrogen and oxygen atoms in total. The summed E-state index contributed by atoms with van der Waals surface area (Å²) in [7, 11) is 0. The van der Waals surface area contributed by atoms with Gasteiger partial charge >= 0.3 is 0 Å². The molecule has 1 saturated heterocycles. The van der Waals surface area contributed by atoms with Crippen molar-refractivity contribution in [2.45, 2.75) is 52.9 Å². The third-order valence-corrected chi connectivity index (χ3v) is 4.72. The van der Waals surface area contributed by atoms with Crippen LogP contribution in [0.5, 0.6) is 0 Å². The maximum Gasteiger partial charge on any atom is 0.137 e. The number of ketones is 1. The van der Waals surface area contributed by atoms with Crippen LogP contribution in [0.3, 0.4) is 0 Å². The minimum Gasteiger partial charge on any atom is -0.303 e. The molecule has 2 rings (SSSR count). The predicted molar refractivity (Wildman–Crippen MR) is 71.0 cm³/mol. The minimum absolute atomic E-state index is 0.362. The summed E-state index contributed by atoms with van der Waals surface area (Å²) in [5, 5.41) is 0. The van der Waals surface area contributed by atoms with E-state index < -0.39 is 0 Å². The predicted octanol–water partition coefficient (Wildman–Crippen LogP) is 3.11. The smallest absolute Gasteiger partial charge is 0.137 e. The number of likely N-dealkylation sites (tertiary alicyclic amines) is 1. The van der Waals surface area contributed by atoms with Gasteiger partial charge in [0.1, 0.15) is 5.78 Å². The number of hydrogen-bond acceptors (Lipinski definition) is 2. The summed E-state index contributed by atoms with van der Waals surface area (Å²) in [4.78, 5) is 14.2. The molecule has 0 amide bonds. The zero-order chi connectivity index (χ0) is 12.5. The molecule has 17 heavy (non-hydrogen) atoms. The molecule has 0 spiro atoms. The number of carbonyl (C=O) groups excluding carboxylic acids is 1. The van der Waals surface area contributed by atoms with Crippen molar-refractivity contribution in [1.82, 2.24) is 4.90 Å². The van der Waals surface area contributed by atoms with E-state index in [4.69, 9.17) is 0 Å². The van der Waals surface area contributed by atoms with Crippen LogP contribution in [0.15, 0.2) is 0 Å². The molecule has 1 aliphatic heterocycles. The van der Waals surface area contributed by atoms with Gasteiger partial charge in [-0.1, -0.05) is 20.8 Å². The van der Waals surface area contributed by atoms with Crippen LogP contribution in [0.2, 0.25) is 0 Å². The van der Waals surface area contributed by atoms with E-state index in [9.17, 15) is 4.79 Å². The van der Waals surface area contributed by atoms with E-state index in [1.54, 1.807) is 0 Å². The Morgan fingerprint density at radius 1 is 1.18 bits per heavy atom. The standard InChI is InChI=1S/C15H27NO/c1-15(2,3)13-7-9-16(10-8-13)11-12-5-4-6-14(12)17/h12-13H,4-11H2,1-3H3. The molecule has 0 bridgehead atoms. The average molecular weight is 237 g/mol. The minimum atomic E-state index is 0.362. The fraction of sp³-hybridized carbons (Fsp3) is 0.933. The van der Waals surface area contributed by atoms with Crippen molar-refractivity contribution in [3.63, 3.8) is 0 Å². The molecule has 2 aliphatic rings. The van der Waals surface area contributed by atoms with Crippen molar-refractivity contribution >= 4 is 5.78 Å². The summed E-state index contributed by atoms with van der Waals surface area (Å²) >= 11 is 0. The number of hydrogen-bond donors (Lipinski definition) is 0. The number of rotatable bonds is 2. The monoisotopic (exact) mass is 237 g/mol. The van der Waals surface area contributed by atoms with Crippen LogP contribution in [0, 0.1) is 17.3 Å². The summed E-state index contributed by atoms with van der Waals surface area (Å²) < 4.78 is 0. The van der Waals surface area contributed by atoms with Crippen molar-refractivity contribution in [3.8, 4) is 0 Å². The summed E-state index contributed by atoms with van der Waals surface area (Å²) in [6, 6.07) is 0. The van der Waals surface area contributed by atoms with E-state index in [0.717, 1.165) is 31.7 Å². The van der Waals surface area contributed by atoms with Gasteiger partial charge in [-0.25, -0.2) is 0 Å². The summed E-state index contributed by atoms with van der Waals surface area (Å²) in [5.41, 5.74) is 0.454. The first kappa shape index (κ1) is 13.1. The van der Waals surface area contributed by atoms with Gasteiger partial charge in [0.2, 0.25) is 0 Å². The van der Waals surface area contributed by atoms with Crippen LogP contribution in [0.25, 0.3) is 0 Å². The lowest BCUT2D eigenvalue weighted by atomic mass is 9.75. The van der Waals surface area contributed by atoms with E-state index in [0.29, 0.717) is 17.1 Å². The van der Waals surface area contributed by atoms with Gasteiger partial charge in [-0.3, -0.25) is 4.79 Å². The van der Waals surface area contributed by atoms with Gasteiger partial charge in [-0.2, -0.15) is 0 Å². The maximum absolute atomic E-state index is 11.6. The van der Waals surface area contributed by atoms with Gasteiger partial charge in [0.25, 0.3) is 0 Å². The zero-order valence-electron chi connectivity index (χ0n) is 11.7. The van der Waals surface area contributed by atoms with Gasteiger partial charge in [0.05, 0.1) is 0 Å². The molecular weight excluding hydrogens is 210 g/mol. The molecule has 0 aromatic heterocycles. The van der Waals surface area contributed by atoms with Crippen molar-refractivity contribution < 1.29 is 4.79 Å². The first-order chi connectivity index (χ1) is 7.97. The third-order valence-electron chi connectivity index (χ3n) is 4.72. The van der Waals surface area contributed by atoms with E-state index >= 15 is 0 Å². The van der Waals surface area contributed by atoms with E-state index in [2.05, 4.69) is 25.7 Å². The van der Waals surface area contributed by atoms with Crippen LogP contribution in [-0.2, 0) is 4.79 Å². The van der Waals surface area contributed by atoms with Crippen molar-refractivity contribution in [1.29, 1.82) is 0 Å². The fourth-order valence-electron chi connectivity index (χ4n) is 3.37. The maximum atomic E-state index is 11.6. The molecule has 1 unspecified atom stereocenters. The van der Waals surface area contributed by atoms with E-state index in [1.807, 2.05) is 0 Å². The molecule has 1 aliphatic carbocycles. The number of Topliss-reactive ketones (excluding diaryl/α,β-unsaturated/α-hetero) is 1. The van der Waals surface area contributed by atoms with E-state index in [-0.39, 0.29) is 0 Å². The quantitative estimate of drug-likeness (QED) is 0.735. The highest BCUT2D eigenvalue weighted by atomic mass is 16.1. The van der Waals surface area contributed by atoms with Gasteiger partial charge in [-0.15, -0.1) is 0 Å². The SMILES string of the molecule is CC(C)(C)C1CCN(CC2CCCC2=O)CC1. The van der Waals surface area contributed by atoms with Crippen LogP contribution < -0.4 is 0 Å². The first-order valence-electron chi connectivity index (χ1n) is 7.22. The number of carbonyl (C=O) groups is 1. The second-order valence-corrected chi connectivity index (χ2v) is 7.00. The second kappa shape index (κ2) is 5.09. The van der Waals surface area contributed by atoms with E-state index in [1.165, 1.54) is 25.9 Å². The lowest BCUT2D eigenvalue weighted by molar-refractivity contribution is -0.121. The number of nitrogens with zero attached hydrogens (tertiary/aromatic N) is 1. The Morgan fingerprint density at radius 2 is 1.82 bits per heavy atom. The third kappa shape index (κ3) is 3.31. The molecule has 1 saturated carbocycles. The topological polar surface area (TPSA) is 20.3 Å². The molecule has 0 aromatic carbocycles. The summed E-state index contributed by atoms with van der Waals surface area (Å²) in [6.45, 7) is 10.5. The Balaban J connectivity index is 1.77. The van der Waals surface area contributed by atoms with Crippen molar-refractivity contribution in [2.24, 2.45) is 17.3 Å². The largest absolute Gasteiger partial charge is 0.303 e. The Morgan fingerprint density at radius 3 is 2.29 bits per heavy atom. The molecule has 0 radical (unpaired) electrons. The Labute approximate surface area is 106 Å². The molecule has 0 N–H and O–H groups in total. The van der Waals surface area contributed by atoms with Gasteiger partial charge in [0, 0.05) is 18.9 Å². The van der Waals surface area contributed by atoms with Gasteiger partial charge in [-0.05, 0) is 50.1 Å². The molecule has 2 fully saturated rings. The number of piperidine rings is 1. The highest BCUT2D eigenvalue weighted by Gasteiger charge is 2.31. The molecule has 2 heteroatoms. The lowest BCUT2D eigenvalue weighted by Gasteiger charge is -2.39. The van der Waals surface area contributed by atoms with Crippen LogP contribution in [0.4, 0.5) is 0 Å².